The largest absolute Gasteiger partial charge is 0.490 e. The number of amides is 1. The van der Waals surface area contributed by atoms with Gasteiger partial charge < -0.3 is 14.8 Å². The predicted molar refractivity (Wildman–Crippen MR) is 97.3 cm³/mol. The molecule has 10 heteroatoms. The van der Waals surface area contributed by atoms with Crippen LogP contribution in [-0.4, -0.2) is 39.1 Å². The summed E-state index contributed by atoms with van der Waals surface area (Å²) in [7, 11) is -3.75. The van der Waals surface area contributed by atoms with E-state index in [0.717, 1.165) is 11.3 Å². The van der Waals surface area contributed by atoms with Crippen LogP contribution in [0.3, 0.4) is 0 Å². The number of carbonyl (C=O) groups is 1. The first-order valence-electron chi connectivity index (χ1n) is 8.06. The van der Waals surface area contributed by atoms with E-state index in [4.69, 9.17) is 9.47 Å². The van der Waals surface area contributed by atoms with Gasteiger partial charge >= 0.3 is 0 Å². The summed E-state index contributed by atoms with van der Waals surface area (Å²) in [5.74, 6) is 0.627. The Bertz CT molecular complexity index is 895. The first kappa shape index (κ1) is 18.6. The first-order valence-corrected chi connectivity index (χ1v) is 10.4. The fourth-order valence-electron chi connectivity index (χ4n) is 2.29. The smallest absolute Gasteiger partial charge is 0.240 e. The van der Waals surface area contributed by atoms with Gasteiger partial charge in [-0.15, -0.1) is 11.3 Å². The minimum absolute atomic E-state index is 0.00239. The fourth-order valence-corrected chi connectivity index (χ4v) is 4.01. The van der Waals surface area contributed by atoms with E-state index in [1.807, 2.05) is 6.92 Å². The predicted octanol–water partition coefficient (Wildman–Crippen LogP) is 1.92. The maximum Gasteiger partial charge on any atom is 0.240 e. The van der Waals surface area contributed by atoms with E-state index in [1.54, 1.807) is 12.3 Å². The highest BCUT2D eigenvalue weighted by molar-refractivity contribution is 7.89. The lowest BCUT2D eigenvalue weighted by atomic mass is 10.3. The number of hydrogen-bond donors (Lipinski definition) is 2. The Morgan fingerprint density at radius 1 is 1.27 bits per heavy atom. The number of nitrogens with zero attached hydrogens (tertiary/aromatic N) is 1. The van der Waals surface area contributed by atoms with Crippen molar-refractivity contribution in [3.8, 4) is 11.5 Å². The molecule has 0 unspecified atom stereocenters. The molecule has 1 aliphatic heterocycles. The summed E-state index contributed by atoms with van der Waals surface area (Å²) in [6, 6.07) is 4.46. The van der Waals surface area contributed by atoms with Gasteiger partial charge in [0.1, 0.15) is 0 Å². The number of sulfonamides is 1. The minimum atomic E-state index is -3.75. The number of carbonyl (C=O) groups excluding carboxylic acids is 1. The van der Waals surface area contributed by atoms with Crippen LogP contribution in [0.25, 0.3) is 0 Å². The molecule has 2 heterocycles. The number of aromatic nitrogens is 1. The maximum absolute atomic E-state index is 12.4. The summed E-state index contributed by atoms with van der Waals surface area (Å²) < 4.78 is 38.2. The normalized spacial score (nSPS) is 13.9. The van der Waals surface area contributed by atoms with Crippen LogP contribution in [0.5, 0.6) is 11.5 Å². The molecule has 1 amide bonds. The summed E-state index contributed by atoms with van der Waals surface area (Å²) in [4.78, 5) is 16.9. The molecule has 3 rings (SSSR count). The molecule has 26 heavy (non-hydrogen) atoms. The Morgan fingerprint density at radius 3 is 2.77 bits per heavy atom. The van der Waals surface area contributed by atoms with E-state index in [1.165, 1.54) is 23.5 Å². The Morgan fingerprint density at radius 2 is 2.04 bits per heavy atom. The van der Waals surface area contributed by atoms with Gasteiger partial charge in [0, 0.05) is 36.5 Å². The fraction of sp³-hybridized carbons (Fsp3) is 0.375. The molecule has 1 aromatic heterocycles. The van der Waals surface area contributed by atoms with Gasteiger partial charge in [0.25, 0.3) is 0 Å². The van der Waals surface area contributed by atoms with Crippen molar-refractivity contribution in [1.82, 2.24) is 9.71 Å². The van der Waals surface area contributed by atoms with Crippen LogP contribution in [0.1, 0.15) is 17.7 Å². The number of nitrogens with one attached hydrogen (secondary N) is 2. The average Bonchev–Trinajstić information content (AvgIpc) is 2.86. The Kier molecular flexibility index (Phi) is 5.74. The molecule has 0 radical (unpaired) electrons. The zero-order valence-electron chi connectivity index (χ0n) is 14.1. The summed E-state index contributed by atoms with van der Waals surface area (Å²) in [5, 5.41) is 3.13. The molecule has 0 aliphatic carbocycles. The van der Waals surface area contributed by atoms with Crippen molar-refractivity contribution in [2.24, 2.45) is 0 Å². The molecule has 0 bridgehead atoms. The van der Waals surface area contributed by atoms with Crippen LogP contribution in [-0.2, 0) is 14.8 Å². The van der Waals surface area contributed by atoms with Crippen molar-refractivity contribution in [1.29, 1.82) is 0 Å². The maximum atomic E-state index is 12.4. The highest BCUT2D eigenvalue weighted by Gasteiger charge is 2.19. The van der Waals surface area contributed by atoms with Crippen LogP contribution < -0.4 is 19.5 Å². The highest BCUT2D eigenvalue weighted by Crippen LogP contribution is 2.31. The molecule has 0 saturated carbocycles. The molecule has 2 N–H and O–H groups in total. The van der Waals surface area contributed by atoms with Crippen molar-refractivity contribution in [3.05, 3.63) is 29.3 Å². The second-order valence-electron chi connectivity index (χ2n) is 5.63. The number of thiazole rings is 1. The lowest BCUT2D eigenvalue weighted by Gasteiger charge is -2.10. The van der Waals surface area contributed by atoms with Crippen molar-refractivity contribution in [2.75, 3.05) is 25.1 Å². The van der Waals surface area contributed by atoms with Gasteiger partial charge in [-0.25, -0.2) is 18.1 Å². The second-order valence-corrected chi connectivity index (χ2v) is 8.63. The molecular weight excluding hydrogens is 378 g/mol. The van der Waals surface area contributed by atoms with Crippen molar-refractivity contribution >= 4 is 32.4 Å². The third-order valence-corrected chi connectivity index (χ3v) is 5.83. The Labute approximate surface area is 155 Å². The van der Waals surface area contributed by atoms with E-state index in [-0.39, 0.29) is 23.8 Å². The van der Waals surface area contributed by atoms with Crippen LogP contribution in [0, 0.1) is 6.92 Å². The third-order valence-electron chi connectivity index (χ3n) is 3.54. The van der Waals surface area contributed by atoms with E-state index < -0.39 is 10.0 Å². The molecule has 140 valence electrons. The first-order chi connectivity index (χ1) is 12.4. The molecule has 0 spiro atoms. The lowest BCUT2D eigenvalue weighted by Crippen LogP contribution is -2.27. The van der Waals surface area contributed by atoms with Gasteiger partial charge in [-0.05, 0) is 19.1 Å². The van der Waals surface area contributed by atoms with Crippen molar-refractivity contribution < 1.29 is 22.7 Å². The van der Waals surface area contributed by atoms with Gasteiger partial charge in [0.15, 0.2) is 16.6 Å². The number of benzene rings is 1. The molecule has 1 aromatic carbocycles. The number of anilines is 1. The number of aryl methyl sites for hydroxylation is 1. The number of hydrogen-bond acceptors (Lipinski definition) is 7. The van der Waals surface area contributed by atoms with Crippen LogP contribution in [0.15, 0.2) is 29.3 Å². The van der Waals surface area contributed by atoms with Crippen LogP contribution in [0.2, 0.25) is 0 Å². The van der Waals surface area contributed by atoms with E-state index >= 15 is 0 Å². The molecule has 2 aromatic rings. The number of rotatable bonds is 6. The zero-order chi connectivity index (χ0) is 18.6. The Hall–Kier alpha value is -2.17. The van der Waals surface area contributed by atoms with Gasteiger partial charge in [0.05, 0.1) is 18.1 Å². The summed E-state index contributed by atoms with van der Waals surface area (Å²) >= 11 is 1.36. The summed E-state index contributed by atoms with van der Waals surface area (Å²) in [5.41, 5.74) is 0. The van der Waals surface area contributed by atoms with Gasteiger partial charge in [-0.3, -0.25) is 4.79 Å². The second kappa shape index (κ2) is 8.02. The minimum Gasteiger partial charge on any atom is -0.490 e. The van der Waals surface area contributed by atoms with Crippen molar-refractivity contribution in [2.45, 2.75) is 24.7 Å². The third kappa shape index (κ3) is 4.71. The molecule has 8 nitrogen and oxygen atoms in total. The van der Waals surface area contributed by atoms with Gasteiger partial charge in [0.2, 0.25) is 15.9 Å². The monoisotopic (exact) mass is 397 g/mol. The Balaban J connectivity index is 1.57. The van der Waals surface area contributed by atoms with Gasteiger partial charge in [-0.2, -0.15) is 0 Å². The average molecular weight is 397 g/mol. The van der Waals surface area contributed by atoms with E-state index in [0.29, 0.717) is 29.8 Å². The topological polar surface area (TPSA) is 107 Å². The standard InChI is InChI=1S/C16H19N3O5S2/c1-11-10-17-16(25-11)19-15(20)5-6-18-26(21,22)12-3-4-13-14(9-12)24-8-2-7-23-13/h3-4,9-10,18H,2,5-8H2,1H3,(H,17,19,20). The molecule has 0 saturated heterocycles. The summed E-state index contributed by atoms with van der Waals surface area (Å²) in [6.45, 7) is 2.87. The lowest BCUT2D eigenvalue weighted by molar-refractivity contribution is -0.116. The molecular formula is C16H19N3O5S2. The van der Waals surface area contributed by atoms with Gasteiger partial charge in [-0.1, -0.05) is 0 Å². The van der Waals surface area contributed by atoms with Crippen LogP contribution >= 0.6 is 11.3 Å². The number of fused-ring (bicyclic) bond motifs is 1. The summed E-state index contributed by atoms with van der Waals surface area (Å²) in [6.07, 6.45) is 2.40. The molecule has 1 aliphatic rings. The molecule has 0 fully saturated rings. The quantitative estimate of drug-likeness (QED) is 0.771. The zero-order valence-corrected chi connectivity index (χ0v) is 15.8. The molecule has 0 atom stereocenters. The SMILES string of the molecule is Cc1cnc(NC(=O)CCNS(=O)(=O)c2ccc3c(c2)OCCCO3)s1. The van der Waals surface area contributed by atoms with Crippen molar-refractivity contribution in [3.63, 3.8) is 0 Å². The highest BCUT2D eigenvalue weighted by atomic mass is 32.2. The van der Waals surface area contributed by atoms with Crippen LogP contribution in [0.4, 0.5) is 5.13 Å². The number of ether oxygens (including phenoxy) is 2. The van der Waals surface area contributed by atoms with E-state index in [2.05, 4.69) is 15.0 Å². The van der Waals surface area contributed by atoms with E-state index in [9.17, 15) is 13.2 Å².